The van der Waals surface area contributed by atoms with E-state index in [2.05, 4.69) is 10.1 Å². The number of carbonyl (C=O) groups excluding carboxylic acids is 1. The van der Waals surface area contributed by atoms with Crippen LogP contribution in [0, 0.1) is 5.82 Å². The number of benzene rings is 2. The number of aromatic nitrogens is 2. The third kappa shape index (κ3) is 3.45. The molecule has 2 aromatic carbocycles. The smallest absolute Gasteiger partial charge is 0.232 e. The van der Waals surface area contributed by atoms with Gasteiger partial charge in [0.2, 0.25) is 17.6 Å². The molecule has 4 rings (SSSR count). The predicted molar refractivity (Wildman–Crippen MR) is 98.6 cm³/mol. The van der Waals surface area contributed by atoms with Crippen LogP contribution < -0.4 is 0 Å². The maximum atomic E-state index is 13.1. The van der Waals surface area contributed by atoms with E-state index in [1.165, 1.54) is 12.1 Å². The molecule has 7 heteroatoms. The lowest BCUT2D eigenvalue weighted by molar-refractivity contribution is -0.129. The summed E-state index contributed by atoms with van der Waals surface area (Å²) in [5.74, 6) is 0.369. The Kier molecular flexibility index (Phi) is 4.66. The Balaban J connectivity index is 1.53. The molecule has 27 heavy (non-hydrogen) atoms. The van der Waals surface area contributed by atoms with E-state index in [0.717, 1.165) is 5.56 Å². The highest BCUT2D eigenvalue weighted by atomic mass is 35.5. The molecule has 0 radical (unpaired) electrons. The summed E-state index contributed by atoms with van der Waals surface area (Å²) in [5.41, 5.74) is 1.57. The lowest BCUT2D eigenvalue weighted by Crippen LogP contribution is -2.28. The van der Waals surface area contributed by atoms with Crippen LogP contribution in [0.1, 0.15) is 36.8 Å². The van der Waals surface area contributed by atoms with E-state index in [1.54, 1.807) is 23.1 Å². The first-order chi connectivity index (χ1) is 13.0. The maximum absolute atomic E-state index is 13.1. The molecule has 1 aliphatic heterocycles. The zero-order chi connectivity index (χ0) is 19.0. The molecule has 138 valence electrons. The molecule has 1 fully saturated rings. The summed E-state index contributed by atoms with van der Waals surface area (Å²) in [6, 6.07) is 13.3. The summed E-state index contributed by atoms with van der Waals surface area (Å²) >= 11 is 6.18. The van der Waals surface area contributed by atoms with Crippen LogP contribution >= 0.6 is 11.6 Å². The van der Waals surface area contributed by atoms with Crippen LogP contribution in [0.2, 0.25) is 5.02 Å². The Labute approximate surface area is 160 Å². The largest absolute Gasteiger partial charge is 0.339 e. The topological polar surface area (TPSA) is 59.2 Å². The molecular weight excluding hydrogens is 369 g/mol. The molecule has 3 aromatic rings. The fourth-order valence-corrected chi connectivity index (χ4v) is 3.57. The molecule has 2 heterocycles. The Hall–Kier alpha value is -2.73. The van der Waals surface area contributed by atoms with Crippen molar-refractivity contribution in [1.29, 1.82) is 0 Å². The van der Waals surface area contributed by atoms with Gasteiger partial charge in [-0.05, 0) is 36.8 Å². The summed E-state index contributed by atoms with van der Waals surface area (Å²) in [5, 5.41) is 4.55. The second-order valence-corrected chi connectivity index (χ2v) is 7.02. The summed E-state index contributed by atoms with van der Waals surface area (Å²) < 4.78 is 18.5. The second-order valence-electron chi connectivity index (χ2n) is 6.61. The SMILES string of the molecule is CC(c1ccc(F)cc1)N1CC(c2nc(-c3ccccc3Cl)no2)CC1=O. The normalized spacial score (nSPS) is 18.1. The van der Waals surface area contributed by atoms with Gasteiger partial charge in [0.1, 0.15) is 5.82 Å². The highest BCUT2D eigenvalue weighted by molar-refractivity contribution is 6.33. The minimum atomic E-state index is -0.297. The van der Waals surface area contributed by atoms with Crippen molar-refractivity contribution in [3.63, 3.8) is 0 Å². The van der Waals surface area contributed by atoms with Crippen molar-refractivity contribution in [3.8, 4) is 11.4 Å². The molecule has 1 amide bonds. The summed E-state index contributed by atoms with van der Waals surface area (Å²) in [4.78, 5) is 18.7. The van der Waals surface area contributed by atoms with Crippen LogP contribution in [0.25, 0.3) is 11.4 Å². The monoisotopic (exact) mass is 385 g/mol. The van der Waals surface area contributed by atoms with Crippen LogP contribution in [0.5, 0.6) is 0 Å². The quantitative estimate of drug-likeness (QED) is 0.658. The number of amides is 1. The van der Waals surface area contributed by atoms with Gasteiger partial charge in [0.05, 0.1) is 17.0 Å². The Morgan fingerprint density at radius 2 is 1.96 bits per heavy atom. The van der Waals surface area contributed by atoms with Crippen LogP contribution in [-0.4, -0.2) is 27.5 Å². The van der Waals surface area contributed by atoms with Gasteiger partial charge in [-0.3, -0.25) is 4.79 Å². The number of nitrogens with zero attached hydrogens (tertiary/aromatic N) is 3. The predicted octanol–water partition coefficient (Wildman–Crippen LogP) is 4.61. The van der Waals surface area contributed by atoms with Gasteiger partial charge in [0.25, 0.3) is 0 Å². The molecular formula is C20H17ClFN3O2. The van der Waals surface area contributed by atoms with Gasteiger partial charge in [0.15, 0.2) is 0 Å². The molecule has 2 unspecified atom stereocenters. The lowest BCUT2D eigenvalue weighted by Gasteiger charge is -2.25. The van der Waals surface area contributed by atoms with Crippen molar-refractivity contribution in [2.24, 2.45) is 0 Å². The lowest BCUT2D eigenvalue weighted by atomic mass is 10.1. The van der Waals surface area contributed by atoms with E-state index in [-0.39, 0.29) is 23.7 Å². The molecule has 0 bridgehead atoms. The maximum Gasteiger partial charge on any atom is 0.232 e. The number of halogens is 2. The molecule has 0 saturated carbocycles. The van der Waals surface area contributed by atoms with E-state index in [0.29, 0.717) is 35.3 Å². The second kappa shape index (κ2) is 7.12. The van der Waals surface area contributed by atoms with Crippen LogP contribution in [0.3, 0.4) is 0 Å². The number of rotatable bonds is 4. The first-order valence-electron chi connectivity index (χ1n) is 8.66. The third-order valence-electron chi connectivity index (χ3n) is 4.88. The van der Waals surface area contributed by atoms with E-state index < -0.39 is 0 Å². The number of carbonyl (C=O) groups is 1. The average molecular weight is 386 g/mol. The van der Waals surface area contributed by atoms with E-state index >= 15 is 0 Å². The van der Waals surface area contributed by atoms with E-state index in [4.69, 9.17) is 16.1 Å². The van der Waals surface area contributed by atoms with Crippen molar-refractivity contribution in [1.82, 2.24) is 15.0 Å². The van der Waals surface area contributed by atoms with Gasteiger partial charge < -0.3 is 9.42 Å². The summed E-state index contributed by atoms with van der Waals surface area (Å²) in [7, 11) is 0. The average Bonchev–Trinajstić information content (AvgIpc) is 3.29. The van der Waals surface area contributed by atoms with E-state index in [9.17, 15) is 9.18 Å². The van der Waals surface area contributed by atoms with Gasteiger partial charge in [-0.15, -0.1) is 0 Å². The van der Waals surface area contributed by atoms with E-state index in [1.807, 2.05) is 25.1 Å². The molecule has 1 aromatic heterocycles. The zero-order valence-electron chi connectivity index (χ0n) is 14.6. The Morgan fingerprint density at radius 1 is 1.22 bits per heavy atom. The first kappa shape index (κ1) is 17.7. The van der Waals surface area contributed by atoms with Gasteiger partial charge in [-0.1, -0.05) is 41.0 Å². The fraction of sp³-hybridized carbons (Fsp3) is 0.250. The minimum Gasteiger partial charge on any atom is -0.339 e. The molecule has 0 aliphatic carbocycles. The number of hydrogen-bond acceptors (Lipinski definition) is 4. The molecule has 5 nitrogen and oxygen atoms in total. The van der Waals surface area contributed by atoms with Gasteiger partial charge in [-0.2, -0.15) is 4.98 Å². The van der Waals surface area contributed by atoms with Crippen LogP contribution in [0.15, 0.2) is 53.1 Å². The third-order valence-corrected chi connectivity index (χ3v) is 5.21. The number of hydrogen-bond donors (Lipinski definition) is 0. The van der Waals surface area contributed by atoms with Crippen molar-refractivity contribution in [3.05, 3.63) is 70.8 Å². The molecule has 0 spiro atoms. The standard InChI is InChI=1S/C20H17ClFN3O2/c1-12(13-6-8-15(22)9-7-13)25-11-14(10-18(25)26)20-23-19(24-27-20)16-4-2-3-5-17(16)21/h2-9,12,14H,10-11H2,1H3. The Bertz CT molecular complexity index is 973. The molecule has 1 aliphatic rings. The van der Waals surface area contributed by atoms with Crippen molar-refractivity contribution in [2.45, 2.75) is 25.3 Å². The fourth-order valence-electron chi connectivity index (χ4n) is 3.35. The first-order valence-corrected chi connectivity index (χ1v) is 9.04. The summed E-state index contributed by atoms with van der Waals surface area (Å²) in [6.07, 6.45) is 0.301. The van der Waals surface area contributed by atoms with Crippen molar-refractivity contribution < 1.29 is 13.7 Å². The van der Waals surface area contributed by atoms with Crippen LogP contribution in [-0.2, 0) is 4.79 Å². The summed E-state index contributed by atoms with van der Waals surface area (Å²) in [6.45, 7) is 2.40. The van der Waals surface area contributed by atoms with Crippen molar-refractivity contribution in [2.75, 3.05) is 6.54 Å². The van der Waals surface area contributed by atoms with Gasteiger partial charge >= 0.3 is 0 Å². The molecule has 1 saturated heterocycles. The molecule has 2 atom stereocenters. The zero-order valence-corrected chi connectivity index (χ0v) is 15.4. The Morgan fingerprint density at radius 3 is 2.70 bits per heavy atom. The molecule has 0 N–H and O–H groups in total. The minimum absolute atomic E-state index is 0.00863. The van der Waals surface area contributed by atoms with Gasteiger partial charge in [0, 0.05) is 18.5 Å². The van der Waals surface area contributed by atoms with Crippen molar-refractivity contribution >= 4 is 17.5 Å². The van der Waals surface area contributed by atoms with Crippen LogP contribution in [0.4, 0.5) is 4.39 Å². The van der Waals surface area contributed by atoms with Gasteiger partial charge in [-0.25, -0.2) is 4.39 Å². The highest BCUT2D eigenvalue weighted by Gasteiger charge is 2.37. The highest BCUT2D eigenvalue weighted by Crippen LogP contribution is 2.34. The number of likely N-dealkylation sites (tertiary alicyclic amines) is 1.